The molecule has 8 nitrogen and oxygen atoms in total. The molecule has 1 aliphatic heterocycles. The van der Waals surface area contributed by atoms with Crippen molar-refractivity contribution in [1.82, 2.24) is 14.2 Å². The van der Waals surface area contributed by atoms with E-state index < -0.39 is 10.0 Å². The minimum absolute atomic E-state index is 0. The van der Waals surface area contributed by atoms with Crippen molar-refractivity contribution in [2.45, 2.75) is 9.79 Å². The van der Waals surface area contributed by atoms with Crippen molar-refractivity contribution in [3.05, 3.63) is 48.0 Å². The zero-order valence-electron chi connectivity index (χ0n) is 19.8. The molecule has 0 saturated carbocycles. The molecule has 1 saturated heterocycles. The van der Waals surface area contributed by atoms with Gasteiger partial charge in [0.05, 0.1) is 28.3 Å². The van der Waals surface area contributed by atoms with Gasteiger partial charge in [0, 0.05) is 50.7 Å². The van der Waals surface area contributed by atoms with Crippen LogP contribution in [0.4, 0.5) is 5.13 Å². The molecule has 2 heterocycles. The Bertz CT molecular complexity index is 1260. The number of rotatable bonds is 8. The number of thioether (sulfide) groups is 1. The molecule has 1 aliphatic rings. The SMILES string of the molecule is CSc1ccc2nc(N(CCN3CCOCC3)C(=O)c3ccc(S(=O)(=O)N(C)C)cc3)sc2c1.Cl. The maximum absolute atomic E-state index is 13.6. The van der Waals surface area contributed by atoms with Gasteiger partial charge in [-0.05, 0) is 48.7 Å². The number of benzene rings is 2. The molecular formula is C23H29ClN4O4S3. The van der Waals surface area contributed by atoms with Crippen LogP contribution in [0.3, 0.4) is 0 Å². The van der Waals surface area contributed by atoms with Crippen molar-refractivity contribution >= 4 is 66.8 Å². The number of anilines is 1. The van der Waals surface area contributed by atoms with Gasteiger partial charge in [0.15, 0.2) is 5.13 Å². The molecule has 0 unspecified atom stereocenters. The Balaban J connectivity index is 0.00000342. The number of carbonyl (C=O) groups is 1. The number of fused-ring (bicyclic) bond motifs is 1. The third-order valence-corrected chi connectivity index (χ3v) is 9.28. The second-order valence-electron chi connectivity index (χ2n) is 8.05. The number of aromatic nitrogens is 1. The van der Waals surface area contributed by atoms with E-state index in [0.29, 0.717) is 37.0 Å². The van der Waals surface area contributed by atoms with Gasteiger partial charge in [0.25, 0.3) is 5.91 Å². The van der Waals surface area contributed by atoms with Gasteiger partial charge >= 0.3 is 0 Å². The first-order chi connectivity index (χ1) is 16.3. The van der Waals surface area contributed by atoms with Crippen LogP contribution in [0.2, 0.25) is 0 Å². The van der Waals surface area contributed by atoms with E-state index in [9.17, 15) is 13.2 Å². The lowest BCUT2D eigenvalue weighted by atomic mass is 10.2. The Hall–Kier alpha value is -1.73. The second-order valence-corrected chi connectivity index (χ2v) is 12.1. The van der Waals surface area contributed by atoms with Crippen molar-refractivity contribution in [3.8, 4) is 0 Å². The van der Waals surface area contributed by atoms with Crippen LogP contribution in [0.5, 0.6) is 0 Å². The predicted octanol–water partition coefficient (Wildman–Crippen LogP) is 3.67. The molecule has 0 spiro atoms. The Morgan fingerprint density at radius 1 is 1.14 bits per heavy atom. The minimum Gasteiger partial charge on any atom is -0.379 e. The van der Waals surface area contributed by atoms with Gasteiger partial charge in [-0.2, -0.15) is 0 Å². The first kappa shape index (κ1) is 27.9. The highest BCUT2D eigenvalue weighted by atomic mass is 35.5. The van der Waals surface area contributed by atoms with E-state index >= 15 is 0 Å². The number of thiazole rings is 1. The molecular weight excluding hydrogens is 528 g/mol. The first-order valence-corrected chi connectivity index (χ1v) is 14.4. The predicted molar refractivity (Wildman–Crippen MR) is 145 cm³/mol. The summed E-state index contributed by atoms with van der Waals surface area (Å²) in [6, 6.07) is 12.2. The Kier molecular flexibility index (Phi) is 9.55. The van der Waals surface area contributed by atoms with Crippen molar-refractivity contribution in [2.24, 2.45) is 0 Å². The summed E-state index contributed by atoms with van der Waals surface area (Å²) in [6.07, 6.45) is 2.03. The van der Waals surface area contributed by atoms with E-state index in [2.05, 4.69) is 11.0 Å². The van der Waals surface area contributed by atoms with Crippen LogP contribution in [0, 0.1) is 0 Å². The lowest BCUT2D eigenvalue weighted by Crippen LogP contribution is -2.43. The monoisotopic (exact) mass is 556 g/mol. The third kappa shape index (κ3) is 6.34. The van der Waals surface area contributed by atoms with Crippen molar-refractivity contribution in [3.63, 3.8) is 0 Å². The van der Waals surface area contributed by atoms with Crippen molar-refractivity contribution in [1.29, 1.82) is 0 Å². The summed E-state index contributed by atoms with van der Waals surface area (Å²) in [5.74, 6) is -0.203. The lowest BCUT2D eigenvalue weighted by molar-refractivity contribution is 0.0391. The molecule has 1 aromatic heterocycles. The standard InChI is InChI=1S/C23H28N4O4S3.ClH/c1-25(2)34(29,30)19-7-4-17(5-8-19)22(28)27(11-10-26-12-14-31-15-13-26)23-24-20-9-6-18(32-3)16-21(20)33-23;/h4-9,16H,10-15H2,1-3H3;1H. The molecule has 0 N–H and O–H groups in total. The molecule has 4 rings (SSSR count). The molecule has 3 aromatic rings. The van der Waals surface area contributed by atoms with Gasteiger partial charge in [-0.1, -0.05) is 11.3 Å². The van der Waals surface area contributed by atoms with Crippen molar-refractivity contribution in [2.75, 3.05) is 64.6 Å². The van der Waals surface area contributed by atoms with Gasteiger partial charge in [-0.3, -0.25) is 14.6 Å². The number of nitrogens with zero attached hydrogens (tertiary/aromatic N) is 4. The van der Waals surface area contributed by atoms with Gasteiger partial charge in [0.2, 0.25) is 10.0 Å². The average Bonchev–Trinajstić information content (AvgIpc) is 3.27. The highest BCUT2D eigenvalue weighted by Gasteiger charge is 2.24. The summed E-state index contributed by atoms with van der Waals surface area (Å²) in [7, 11) is -0.596. The van der Waals surface area contributed by atoms with Gasteiger partial charge < -0.3 is 4.74 Å². The second kappa shape index (κ2) is 12.0. The van der Waals surface area contributed by atoms with E-state index in [1.807, 2.05) is 18.4 Å². The first-order valence-electron chi connectivity index (χ1n) is 10.9. The average molecular weight is 557 g/mol. The van der Waals surface area contributed by atoms with Crippen LogP contribution in [0.1, 0.15) is 10.4 Å². The molecule has 0 bridgehead atoms. The number of carbonyl (C=O) groups excluding carboxylic acids is 1. The minimum atomic E-state index is -3.56. The summed E-state index contributed by atoms with van der Waals surface area (Å²) in [5.41, 5.74) is 1.28. The summed E-state index contributed by atoms with van der Waals surface area (Å²) < 4.78 is 32.4. The van der Waals surface area contributed by atoms with Gasteiger partial charge in [-0.25, -0.2) is 17.7 Å². The molecule has 0 aliphatic carbocycles. The summed E-state index contributed by atoms with van der Waals surface area (Å²) >= 11 is 3.16. The Morgan fingerprint density at radius 2 is 1.83 bits per heavy atom. The highest BCUT2D eigenvalue weighted by Crippen LogP contribution is 2.32. The molecule has 1 fully saturated rings. The number of halogens is 1. The maximum Gasteiger partial charge on any atom is 0.260 e. The molecule has 2 aromatic carbocycles. The van der Waals surface area contributed by atoms with E-state index in [0.717, 1.165) is 32.5 Å². The third-order valence-electron chi connectivity index (χ3n) is 5.68. The number of sulfonamides is 1. The fraction of sp³-hybridized carbons (Fsp3) is 0.391. The molecule has 190 valence electrons. The van der Waals surface area contributed by atoms with Crippen LogP contribution in [-0.2, 0) is 14.8 Å². The van der Waals surface area contributed by atoms with Crippen molar-refractivity contribution < 1.29 is 17.9 Å². The molecule has 1 amide bonds. The maximum atomic E-state index is 13.6. The van der Waals surface area contributed by atoms with Crippen LogP contribution in [0.25, 0.3) is 10.2 Å². The quantitative estimate of drug-likeness (QED) is 0.391. The lowest BCUT2D eigenvalue weighted by Gasteiger charge is -2.29. The smallest absolute Gasteiger partial charge is 0.260 e. The van der Waals surface area contributed by atoms with Crippen LogP contribution in [0.15, 0.2) is 52.3 Å². The fourth-order valence-corrected chi connectivity index (χ4v) is 6.07. The zero-order chi connectivity index (χ0) is 24.3. The highest BCUT2D eigenvalue weighted by molar-refractivity contribution is 7.98. The van der Waals surface area contributed by atoms with E-state index in [1.54, 1.807) is 28.8 Å². The molecule has 12 heteroatoms. The van der Waals surface area contributed by atoms with Gasteiger partial charge in [0.1, 0.15) is 0 Å². The van der Waals surface area contributed by atoms with E-state index in [4.69, 9.17) is 9.72 Å². The number of hydrogen-bond acceptors (Lipinski definition) is 8. The topological polar surface area (TPSA) is 83.0 Å². The molecule has 0 atom stereocenters. The van der Waals surface area contributed by atoms with Crippen LogP contribution >= 0.6 is 35.5 Å². The number of amides is 1. The summed E-state index contributed by atoms with van der Waals surface area (Å²) in [6.45, 7) is 4.22. The van der Waals surface area contributed by atoms with Crippen LogP contribution < -0.4 is 4.90 Å². The normalized spacial score (nSPS) is 14.7. The molecule has 0 radical (unpaired) electrons. The number of morpholine rings is 1. The number of ether oxygens (including phenoxy) is 1. The number of hydrogen-bond donors (Lipinski definition) is 0. The zero-order valence-corrected chi connectivity index (χ0v) is 23.1. The Morgan fingerprint density at radius 3 is 2.46 bits per heavy atom. The fourth-order valence-electron chi connectivity index (χ4n) is 3.62. The van der Waals surface area contributed by atoms with E-state index in [1.165, 1.54) is 37.6 Å². The largest absolute Gasteiger partial charge is 0.379 e. The summed E-state index contributed by atoms with van der Waals surface area (Å²) in [4.78, 5) is 23.6. The summed E-state index contributed by atoms with van der Waals surface area (Å²) in [5, 5.41) is 0.636. The van der Waals surface area contributed by atoms with E-state index in [-0.39, 0.29) is 23.2 Å². The van der Waals surface area contributed by atoms with Crippen LogP contribution in [-0.4, -0.2) is 88.3 Å². The van der Waals surface area contributed by atoms with Gasteiger partial charge in [-0.15, -0.1) is 24.2 Å². The molecule has 35 heavy (non-hydrogen) atoms. The Labute approximate surface area is 220 Å².